The maximum atomic E-state index is 13.4. The second-order valence-corrected chi connectivity index (χ2v) is 12.2. The molecule has 14 heteroatoms. The topological polar surface area (TPSA) is 138 Å². The highest BCUT2D eigenvalue weighted by Crippen LogP contribution is 2.39. The van der Waals surface area contributed by atoms with Crippen LogP contribution in [0.15, 0.2) is 52.1 Å². The first-order chi connectivity index (χ1) is 23.2. The number of aromatic nitrogens is 3. The number of pyridine rings is 1. The molecular formula is C34H46BrN9O4. The van der Waals surface area contributed by atoms with Crippen molar-refractivity contribution >= 4 is 51.7 Å². The fourth-order valence-electron chi connectivity index (χ4n) is 5.28. The number of benzene rings is 1. The third-order valence-corrected chi connectivity index (χ3v) is 8.34. The van der Waals surface area contributed by atoms with E-state index in [2.05, 4.69) is 58.6 Å². The summed E-state index contributed by atoms with van der Waals surface area (Å²) in [5.74, 6) is 0.692. The Bertz CT molecular complexity index is 1590. The van der Waals surface area contributed by atoms with Crippen molar-refractivity contribution in [2.75, 3.05) is 76.5 Å². The highest BCUT2D eigenvalue weighted by atomic mass is 79.9. The highest BCUT2D eigenvalue weighted by molar-refractivity contribution is 9.10. The minimum atomic E-state index is -0.269. The SMILES string of the molecule is C=Nc1cc(C(=O)NC)cc(OCCCN2CCOCC2)c1N(C/C=C/CNc1ncc(C)cc1Br)CNC(=O)c1cc(C)nn1CC. The van der Waals surface area contributed by atoms with Gasteiger partial charge < -0.3 is 30.3 Å². The molecule has 1 fully saturated rings. The van der Waals surface area contributed by atoms with Crippen LogP contribution in [0.1, 0.15) is 45.4 Å². The van der Waals surface area contributed by atoms with Gasteiger partial charge >= 0.3 is 0 Å². The van der Waals surface area contributed by atoms with E-state index >= 15 is 0 Å². The largest absolute Gasteiger partial charge is 0.491 e. The van der Waals surface area contributed by atoms with Gasteiger partial charge in [-0.05, 0) is 79.7 Å². The Kier molecular flexibility index (Phi) is 14.0. The van der Waals surface area contributed by atoms with Gasteiger partial charge in [0.1, 0.15) is 22.9 Å². The second kappa shape index (κ2) is 18.3. The van der Waals surface area contributed by atoms with E-state index in [1.165, 1.54) is 0 Å². The summed E-state index contributed by atoms with van der Waals surface area (Å²) in [6, 6.07) is 7.17. The molecule has 0 unspecified atom stereocenters. The molecule has 1 saturated heterocycles. The van der Waals surface area contributed by atoms with Gasteiger partial charge in [0.15, 0.2) is 0 Å². The number of nitrogens with zero attached hydrogens (tertiary/aromatic N) is 6. The number of hydrogen-bond donors (Lipinski definition) is 3. The number of aryl methyl sites for hydroxylation is 3. The lowest BCUT2D eigenvalue weighted by molar-refractivity contribution is 0.0358. The Hall–Kier alpha value is -4.27. The molecular weight excluding hydrogens is 678 g/mol. The molecule has 2 aromatic heterocycles. The molecule has 0 radical (unpaired) electrons. The minimum absolute atomic E-state index is 0.127. The Balaban J connectivity index is 1.59. The molecule has 3 heterocycles. The quantitative estimate of drug-likeness (QED) is 0.0804. The van der Waals surface area contributed by atoms with Crippen LogP contribution < -0.4 is 25.6 Å². The zero-order valence-corrected chi connectivity index (χ0v) is 29.8. The number of amides is 2. The van der Waals surface area contributed by atoms with Crippen LogP contribution in [0.4, 0.5) is 17.2 Å². The maximum Gasteiger partial charge on any atom is 0.270 e. The first kappa shape index (κ1) is 36.6. The average molecular weight is 725 g/mol. The van der Waals surface area contributed by atoms with Gasteiger partial charge in [0.2, 0.25) is 0 Å². The van der Waals surface area contributed by atoms with Gasteiger partial charge in [-0.25, -0.2) is 4.98 Å². The van der Waals surface area contributed by atoms with E-state index in [4.69, 9.17) is 9.47 Å². The fraction of sp³-hybridized carbons (Fsp3) is 0.441. The van der Waals surface area contributed by atoms with E-state index in [0.717, 1.165) is 60.8 Å². The van der Waals surface area contributed by atoms with E-state index < -0.39 is 0 Å². The number of rotatable bonds is 17. The molecule has 13 nitrogen and oxygen atoms in total. The van der Waals surface area contributed by atoms with Crippen molar-refractivity contribution in [2.45, 2.75) is 33.7 Å². The predicted octanol–water partition coefficient (Wildman–Crippen LogP) is 4.33. The molecule has 1 aliphatic heterocycles. The standard InChI is InChI=1S/C34H46BrN9O4/c1-6-44-29(19-25(3)41-44)34(46)40-23-43(12-8-7-10-38-32-27(35)18-24(2)22-39-32)31-28(36-4)20-26(33(45)37-5)21-30(31)48-15-9-11-42-13-16-47-17-14-42/h7-8,18-22H,4,6,9-17,23H2,1-3,5H3,(H,37,45)(H,38,39)(H,40,46)/b8-7+. The van der Waals surface area contributed by atoms with Crippen LogP contribution in [0.25, 0.3) is 0 Å². The minimum Gasteiger partial charge on any atom is -0.491 e. The van der Waals surface area contributed by atoms with Crippen LogP contribution in [-0.4, -0.2) is 104 Å². The normalized spacial score (nSPS) is 13.4. The van der Waals surface area contributed by atoms with Gasteiger partial charge in [-0.1, -0.05) is 12.2 Å². The van der Waals surface area contributed by atoms with Crippen molar-refractivity contribution in [3.63, 3.8) is 0 Å². The van der Waals surface area contributed by atoms with Crippen LogP contribution in [-0.2, 0) is 11.3 Å². The third-order valence-electron chi connectivity index (χ3n) is 7.73. The summed E-state index contributed by atoms with van der Waals surface area (Å²) < 4.78 is 14.4. The zero-order chi connectivity index (χ0) is 34.5. The third kappa shape index (κ3) is 10.1. The number of hydrogen-bond acceptors (Lipinski definition) is 10. The van der Waals surface area contributed by atoms with Gasteiger partial charge in [-0.3, -0.25) is 24.2 Å². The van der Waals surface area contributed by atoms with Crippen LogP contribution in [0.2, 0.25) is 0 Å². The Morgan fingerprint density at radius 1 is 1.17 bits per heavy atom. The number of aliphatic imine (C=N–C) groups is 1. The van der Waals surface area contributed by atoms with Gasteiger partial charge in [0, 0.05) is 58.1 Å². The molecule has 0 atom stereocenters. The van der Waals surface area contributed by atoms with Crippen molar-refractivity contribution in [1.82, 2.24) is 30.3 Å². The number of anilines is 2. The van der Waals surface area contributed by atoms with E-state index in [1.54, 1.807) is 29.9 Å². The molecule has 0 spiro atoms. The molecule has 1 aliphatic rings. The smallest absolute Gasteiger partial charge is 0.270 e. The van der Waals surface area contributed by atoms with E-state index in [-0.39, 0.29) is 18.5 Å². The molecule has 48 heavy (non-hydrogen) atoms. The summed E-state index contributed by atoms with van der Waals surface area (Å²) in [5.41, 5.74) is 3.77. The lowest BCUT2D eigenvalue weighted by atomic mass is 10.1. The van der Waals surface area contributed by atoms with Crippen molar-refractivity contribution in [3.8, 4) is 5.75 Å². The van der Waals surface area contributed by atoms with Gasteiger partial charge in [0.25, 0.3) is 11.8 Å². The van der Waals surface area contributed by atoms with Crippen LogP contribution in [0.5, 0.6) is 5.75 Å². The van der Waals surface area contributed by atoms with E-state index in [0.29, 0.717) is 54.6 Å². The van der Waals surface area contributed by atoms with Crippen LogP contribution in [0.3, 0.4) is 0 Å². The lowest BCUT2D eigenvalue weighted by Crippen LogP contribution is -2.39. The monoisotopic (exact) mass is 723 g/mol. The zero-order valence-electron chi connectivity index (χ0n) is 28.2. The van der Waals surface area contributed by atoms with Crippen LogP contribution >= 0.6 is 15.9 Å². The summed E-state index contributed by atoms with van der Waals surface area (Å²) in [7, 11) is 1.58. The second-order valence-electron chi connectivity index (χ2n) is 11.3. The molecule has 3 N–H and O–H groups in total. The summed E-state index contributed by atoms with van der Waals surface area (Å²) >= 11 is 3.56. The summed E-state index contributed by atoms with van der Waals surface area (Å²) in [4.78, 5) is 39.1. The maximum absolute atomic E-state index is 13.4. The van der Waals surface area contributed by atoms with Crippen LogP contribution in [0, 0.1) is 13.8 Å². The average Bonchev–Trinajstić information content (AvgIpc) is 3.49. The van der Waals surface area contributed by atoms with Crippen molar-refractivity contribution < 1.29 is 19.1 Å². The molecule has 0 aliphatic carbocycles. The molecule has 1 aromatic carbocycles. The number of halogens is 1. The lowest BCUT2D eigenvalue weighted by Gasteiger charge is -2.28. The van der Waals surface area contributed by atoms with E-state index in [9.17, 15) is 9.59 Å². The molecule has 4 rings (SSSR count). The van der Waals surface area contributed by atoms with Gasteiger partial charge in [0.05, 0.1) is 42.3 Å². The predicted molar refractivity (Wildman–Crippen MR) is 193 cm³/mol. The highest BCUT2D eigenvalue weighted by Gasteiger charge is 2.22. The summed E-state index contributed by atoms with van der Waals surface area (Å²) in [5, 5.41) is 13.5. The first-order valence-corrected chi connectivity index (χ1v) is 16.9. The van der Waals surface area contributed by atoms with Gasteiger partial charge in [-0.15, -0.1) is 0 Å². The molecule has 0 bridgehead atoms. The first-order valence-electron chi connectivity index (χ1n) is 16.1. The number of carbonyl (C=O) groups excluding carboxylic acids is 2. The number of morpholine rings is 1. The van der Waals surface area contributed by atoms with Crippen molar-refractivity contribution in [1.29, 1.82) is 0 Å². The Morgan fingerprint density at radius 2 is 1.96 bits per heavy atom. The molecule has 3 aromatic rings. The number of carbonyl (C=O) groups is 2. The van der Waals surface area contributed by atoms with Crippen molar-refractivity contribution in [2.24, 2.45) is 4.99 Å². The summed E-state index contributed by atoms with van der Waals surface area (Å²) in [6.07, 6.45) is 6.57. The molecule has 2 amide bonds. The Labute approximate surface area is 290 Å². The van der Waals surface area contributed by atoms with E-state index in [1.807, 2.05) is 50.1 Å². The molecule has 0 saturated carbocycles. The van der Waals surface area contributed by atoms with Crippen molar-refractivity contribution in [3.05, 3.63) is 69.6 Å². The Morgan fingerprint density at radius 3 is 2.67 bits per heavy atom. The van der Waals surface area contributed by atoms with Gasteiger partial charge in [-0.2, -0.15) is 5.10 Å². The summed E-state index contributed by atoms with van der Waals surface area (Å²) in [6.45, 7) is 15.7. The fourth-order valence-corrected chi connectivity index (χ4v) is 5.88. The molecule has 258 valence electrons. The number of ether oxygens (including phenoxy) is 2. The number of nitrogens with one attached hydrogen (secondary N) is 3.